The smallest absolute Gasteiger partial charge is 0.191 e. The summed E-state index contributed by atoms with van der Waals surface area (Å²) in [6, 6.07) is 6.69. The zero-order chi connectivity index (χ0) is 17.1. The molecule has 0 spiro atoms. The Balaban J connectivity index is 0.00000225. The topological polar surface area (TPSA) is 53.7 Å². The quantitative estimate of drug-likeness (QED) is 0.421. The maximum absolute atomic E-state index is 4.67. The van der Waals surface area contributed by atoms with Gasteiger partial charge in [0.15, 0.2) is 5.96 Å². The van der Waals surface area contributed by atoms with E-state index in [0.29, 0.717) is 12.6 Å². The van der Waals surface area contributed by atoms with Gasteiger partial charge in [-0.15, -0.1) is 24.0 Å². The number of aryl methyl sites for hydroxylation is 1. The van der Waals surface area contributed by atoms with Gasteiger partial charge in [-0.1, -0.05) is 19.9 Å². The Morgan fingerprint density at radius 3 is 2.60 bits per heavy atom. The average molecular weight is 455 g/mol. The third-order valence-corrected chi connectivity index (χ3v) is 4.93. The van der Waals surface area contributed by atoms with Crippen molar-refractivity contribution in [2.75, 3.05) is 7.05 Å². The van der Waals surface area contributed by atoms with Crippen LogP contribution in [0.1, 0.15) is 44.5 Å². The third-order valence-electron chi connectivity index (χ3n) is 4.93. The molecule has 2 N–H and O–H groups in total. The number of aromatic nitrogens is 2. The first-order valence-corrected chi connectivity index (χ1v) is 8.96. The number of nitrogens with zero attached hydrogens (tertiary/aromatic N) is 3. The van der Waals surface area contributed by atoms with Crippen molar-refractivity contribution in [3.63, 3.8) is 0 Å². The number of halogens is 1. The molecule has 1 aliphatic carbocycles. The van der Waals surface area contributed by atoms with Crippen LogP contribution in [0.25, 0.3) is 5.65 Å². The van der Waals surface area contributed by atoms with Crippen molar-refractivity contribution >= 4 is 35.6 Å². The van der Waals surface area contributed by atoms with Crippen molar-refractivity contribution in [3.05, 3.63) is 35.8 Å². The van der Waals surface area contributed by atoms with E-state index in [1.807, 2.05) is 19.2 Å². The summed E-state index contributed by atoms with van der Waals surface area (Å²) >= 11 is 0. The predicted octanol–water partition coefficient (Wildman–Crippen LogP) is 3.75. The normalized spacial score (nSPS) is 24.0. The molecule has 2 unspecified atom stereocenters. The largest absolute Gasteiger partial charge is 0.354 e. The second kappa shape index (κ2) is 8.87. The lowest BCUT2D eigenvalue weighted by atomic mass is 9.80. The lowest BCUT2D eigenvalue weighted by Crippen LogP contribution is -2.46. The van der Waals surface area contributed by atoms with Crippen molar-refractivity contribution in [2.24, 2.45) is 16.8 Å². The molecule has 0 bridgehead atoms. The van der Waals surface area contributed by atoms with Gasteiger partial charge in [0, 0.05) is 25.0 Å². The number of rotatable bonds is 3. The summed E-state index contributed by atoms with van der Waals surface area (Å²) in [6.07, 6.45) is 5.87. The highest BCUT2D eigenvalue weighted by atomic mass is 127. The van der Waals surface area contributed by atoms with Crippen LogP contribution < -0.4 is 10.6 Å². The summed E-state index contributed by atoms with van der Waals surface area (Å²) in [5.41, 5.74) is 3.21. The minimum Gasteiger partial charge on any atom is -0.354 e. The van der Waals surface area contributed by atoms with Gasteiger partial charge in [0.1, 0.15) is 5.65 Å². The molecule has 0 aromatic carbocycles. The summed E-state index contributed by atoms with van der Waals surface area (Å²) in [5.74, 6) is 2.44. The highest BCUT2D eigenvalue weighted by Gasteiger charge is 2.24. The highest BCUT2D eigenvalue weighted by Crippen LogP contribution is 2.28. The van der Waals surface area contributed by atoms with Crippen LogP contribution in [0.2, 0.25) is 0 Å². The monoisotopic (exact) mass is 455 g/mol. The van der Waals surface area contributed by atoms with E-state index < -0.39 is 0 Å². The summed E-state index contributed by atoms with van der Waals surface area (Å²) in [4.78, 5) is 9.05. The fraction of sp³-hybridized carbons (Fsp3) is 0.579. The fourth-order valence-corrected chi connectivity index (χ4v) is 3.91. The zero-order valence-electron chi connectivity index (χ0n) is 15.6. The van der Waals surface area contributed by atoms with E-state index in [2.05, 4.69) is 58.0 Å². The Bertz CT molecular complexity index is 714. The first kappa shape index (κ1) is 20.0. The predicted molar refractivity (Wildman–Crippen MR) is 115 cm³/mol. The van der Waals surface area contributed by atoms with Gasteiger partial charge in [-0.05, 0) is 50.2 Å². The Hall–Kier alpha value is -1.31. The molecule has 0 aliphatic heterocycles. The van der Waals surface area contributed by atoms with Crippen LogP contribution in [-0.2, 0) is 6.54 Å². The average Bonchev–Trinajstić information content (AvgIpc) is 2.95. The number of guanidine groups is 1. The van der Waals surface area contributed by atoms with Crippen molar-refractivity contribution in [2.45, 2.75) is 52.6 Å². The summed E-state index contributed by atoms with van der Waals surface area (Å²) < 4.78 is 2.12. The second-order valence-corrected chi connectivity index (χ2v) is 7.31. The Kier molecular flexibility index (Phi) is 7.10. The minimum absolute atomic E-state index is 0. The number of pyridine rings is 1. The van der Waals surface area contributed by atoms with Crippen LogP contribution in [0.4, 0.5) is 0 Å². The molecule has 2 heterocycles. The van der Waals surface area contributed by atoms with Gasteiger partial charge in [0.2, 0.25) is 0 Å². The molecule has 0 radical (unpaired) electrons. The lowest BCUT2D eigenvalue weighted by molar-refractivity contribution is 0.255. The van der Waals surface area contributed by atoms with Crippen LogP contribution in [0.3, 0.4) is 0 Å². The number of hydrogen-bond donors (Lipinski definition) is 2. The van der Waals surface area contributed by atoms with Gasteiger partial charge < -0.3 is 15.0 Å². The summed E-state index contributed by atoms with van der Waals surface area (Å²) in [7, 11) is 1.83. The first-order valence-electron chi connectivity index (χ1n) is 8.96. The maximum atomic E-state index is 4.67. The number of fused-ring (bicyclic) bond motifs is 1. The second-order valence-electron chi connectivity index (χ2n) is 7.31. The Morgan fingerprint density at radius 1 is 1.24 bits per heavy atom. The molecular formula is C19H30IN5. The molecule has 6 heteroatoms. The molecule has 2 atom stereocenters. The van der Waals surface area contributed by atoms with Gasteiger partial charge >= 0.3 is 0 Å². The molecule has 0 amide bonds. The van der Waals surface area contributed by atoms with Crippen LogP contribution in [-0.4, -0.2) is 28.4 Å². The lowest BCUT2D eigenvalue weighted by Gasteiger charge is -2.32. The van der Waals surface area contributed by atoms with Gasteiger partial charge in [-0.25, -0.2) is 4.98 Å². The van der Waals surface area contributed by atoms with Crippen molar-refractivity contribution in [1.29, 1.82) is 0 Å². The van der Waals surface area contributed by atoms with Crippen LogP contribution in [0.5, 0.6) is 0 Å². The molecule has 25 heavy (non-hydrogen) atoms. The highest BCUT2D eigenvalue weighted by molar-refractivity contribution is 14.0. The molecule has 2 aromatic rings. The van der Waals surface area contributed by atoms with E-state index in [1.54, 1.807) is 0 Å². The molecule has 3 rings (SSSR count). The summed E-state index contributed by atoms with van der Waals surface area (Å²) in [6.45, 7) is 7.47. The molecule has 2 aromatic heterocycles. The van der Waals surface area contributed by atoms with Crippen molar-refractivity contribution in [1.82, 2.24) is 20.0 Å². The Morgan fingerprint density at radius 2 is 1.96 bits per heavy atom. The minimum atomic E-state index is 0. The fourth-order valence-electron chi connectivity index (χ4n) is 3.91. The number of nitrogens with one attached hydrogen (secondary N) is 2. The molecular weight excluding hydrogens is 425 g/mol. The molecule has 0 saturated heterocycles. The van der Waals surface area contributed by atoms with Gasteiger partial charge in [-0.2, -0.15) is 0 Å². The number of imidazole rings is 1. The molecule has 1 saturated carbocycles. The van der Waals surface area contributed by atoms with E-state index in [9.17, 15) is 0 Å². The van der Waals surface area contributed by atoms with Crippen molar-refractivity contribution < 1.29 is 0 Å². The molecule has 138 valence electrons. The third kappa shape index (κ3) is 5.09. The van der Waals surface area contributed by atoms with Crippen LogP contribution in [0.15, 0.2) is 29.4 Å². The van der Waals surface area contributed by atoms with Gasteiger partial charge in [0.25, 0.3) is 0 Å². The summed E-state index contributed by atoms with van der Waals surface area (Å²) in [5, 5.41) is 6.99. The maximum Gasteiger partial charge on any atom is 0.191 e. The van der Waals surface area contributed by atoms with E-state index in [4.69, 9.17) is 0 Å². The van der Waals surface area contributed by atoms with E-state index in [1.165, 1.54) is 25.0 Å². The van der Waals surface area contributed by atoms with Crippen LogP contribution in [0, 0.1) is 18.8 Å². The van der Waals surface area contributed by atoms with E-state index >= 15 is 0 Å². The van der Waals surface area contributed by atoms with E-state index in [-0.39, 0.29) is 24.0 Å². The first-order chi connectivity index (χ1) is 11.5. The van der Waals surface area contributed by atoms with Gasteiger partial charge in [0.05, 0.1) is 12.2 Å². The number of hydrogen-bond acceptors (Lipinski definition) is 2. The van der Waals surface area contributed by atoms with Crippen LogP contribution >= 0.6 is 24.0 Å². The Labute approximate surface area is 167 Å². The molecule has 1 aliphatic rings. The van der Waals surface area contributed by atoms with Crippen molar-refractivity contribution in [3.8, 4) is 0 Å². The molecule has 5 nitrogen and oxygen atoms in total. The zero-order valence-corrected chi connectivity index (χ0v) is 18.0. The number of aliphatic imine (C=N–C) groups is 1. The SMILES string of the molecule is CN=C(NCc1cn2c(C)cccc2n1)NC1CC(C)CC(C)C1.I. The van der Waals surface area contributed by atoms with Gasteiger partial charge in [-0.3, -0.25) is 4.99 Å². The standard InChI is InChI=1S/C19H29N5.HI/c1-13-8-14(2)10-16(9-13)23-19(20-4)21-11-17-12-24-15(3)6-5-7-18(24)22-17;/h5-7,12-14,16H,8-11H2,1-4H3,(H2,20,21,23);1H. The molecule has 1 fully saturated rings. The van der Waals surface area contributed by atoms with E-state index in [0.717, 1.165) is 29.1 Å².